The summed E-state index contributed by atoms with van der Waals surface area (Å²) in [6.07, 6.45) is 0.593. The number of hydrogen-bond acceptors (Lipinski definition) is 3. The second-order valence-electron chi connectivity index (χ2n) is 4.65. The van der Waals surface area contributed by atoms with Crippen molar-refractivity contribution in [3.8, 4) is 0 Å². The van der Waals surface area contributed by atoms with Gasteiger partial charge in [0.2, 0.25) is 0 Å². The summed E-state index contributed by atoms with van der Waals surface area (Å²) in [7, 11) is 0. The van der Waals surface area contributed by atoms with Crippen LogP contribution < -0.4 is 5.32 Å². The molecule has 0 aliphatic carbocycles. The molecule has 1 N–H and O–H groups in total. The lowest BCUT2D eigenvalue weighted by Crippen LogP contribution is -2.33. The monoisotopic (exact) mass is 347 g/mol. The van der Waals surface area contributed by atoms with Crippen LogP contribution in [0, 0.1) is 0 Å². The van der Waals surface area contributed by atoms with Crippen molar-refractivity contribution < 1.29 is 9.53 Å². The highest BCUT2D eigenvalue weighted by Gasteiger charge is 2.20. The van der Waals surface area contributed by atoms with E-state index in [4.69, 9.17) is 4.74 Å². The van der Waals surface area contributed by atoms with E-state index in [-0.39, 0.29) is 5.97 Å². The fourth-order valence-corrected chi connectivity index (χ4v) is 2.30. The standard InChI is InChI=1S/C17H18BrNO2/c1-2-21-17(20)16(12-13-6-4-3-5-7-13)19-15-10-8-14(18)9-11-15/h3-11,16,19H,2,12H2,1H3. The zero-order valence-corrected chi connectivity index (χ0v) is 13.5. The highest BCUT2D eigenvalue weighted by atomic mass is 79.9. The van der Waals surface area contributed by atoms with Gasteiger partial charge in [0.05, 0.1) is 6.61 Å². The quantitative estimate of drug-likeness (QED) is 0.801. The Kier molecular flexibility index (Phi) is 5.81. The summed E-state index contributed by atoms with van der Waals surface area (Å²) in [5, 5.41) is 3.24. The predicted molar refractivity (Wildman–Crippen MR) is 88.3 cm³/mol. The maximum Gasteiger partial charge on any atom is 0.328 e. The van der Waals surface area contributed by atoms with Crippen molar-refractivity contribution in [2.24, 2.45) is 0 Å². The number of carbonyl (C=O) groups is 1. The molecular weight excluding hydrogens is 330 g/mol. The topological polar surface area (TPSA) is 38.3 Å². The highest BCUT2D eigenvalue weighted by molar-refractivity contribution is 9.10. The van der Waals surface area contributed by atoms with Crippen molar-refractivity contribution in [3.05, 3.63) is 64.6 Å². The minimum atomic E-state index is -0.395. The number of esters is 1. The summed E-state index contributed by atoms with van der Waals surface area (Å²) in [4.78, 5) is 12.1. The lowest BCUT2D eigenvalue weighted by atomic mass is 10.1. The van der Waals surface area contributed by atoms with Gasteiger partial charge < -0.3 is 10.1 Å². The van der Waals surface area contributed by atoms with Crippen molar-refractivity contribution in [2.75, 3.05) is 11.9 Å². The van der Waals surface area contributed by atoms with Crippen LogP contribution in [0.5, 0.6) is 0 Å². The summed E-state index contributed by atoms with van der Waals surface area (Å²) in [6, 6.07) is 17.3. The molecule has 0 radical (unpaired) electrons. The minimum absolute atomic E-state index is 0.232. The number of rotatable bonds is 6. The molecule has 3 nitrogen and oxygen atoms in total. The predicted octanol–water partition coefficient (Wildman–Crippen LogP) is 4.04. The zero-order valence-electron chi connectivity index (χ0n) is 11.9. The van der Waals surface area contributed by atoms with Crippen LogP contribution in [0.25, 0.3) is 0 Å². The third kappa shape index (κ3) is 4.90. The van der Waals surface area contributed by atoms with E-state index in [1.54, 1.807) is 0 Å². The number of ether oxygens (including phenoxy) is 1. The molecule has 0 aliphatic heterocycles. The first kappa shape index (κ1) is 15.6. The Bertz CT molecular complexity index is 569. The van der Waals surface area contributed by atoms with E-state index in [2.05, 4.69) is 21.2 Å². The highest BCUT2D eigenvalue weighted by Crippen LogP contribution is 2.16. The lowest BCUT2D eigenvalue weighted by Gasteiger charge is -2.18. The molecule has 4 heteroatoms. The Morgan fingerprint density at radius 2 is 1.81 bits per heavy atom. The van der Waals surface area contributed by atoms with Gasteiger partial charge >= 0.3 is 5.97 Å². The normalized spacial score (nSPS) is 11.7. The van der Waals surface area contributed by atoms with E-state index in [0.29, 0.717) is 13.0 Å². The molecule has 21 heavy (non-hydrogen) atoms. The molecule has 0 spiro atoms. The average molecular weight is 348 g/mol. The Morgan fingerprint density at radius 3 is 2.43 bits per heavy atom. The van der Waals surface area contributed by atoms with Gasteiger partial charge in [0.1, 0.15) is 6.04 Å². The fourth-order valence-electron chi connectivity index (χ4n) is 2.03. The second-order valence-corrected chi connectivity index (χ2v) is 5.56. The van der Waals surface area contributed by atoms with Gasteiger partial charge in [-0.1, -0.05) is 46.3 Å². The van der Waals surface area contributed by atoms with Gasteiger partial charge in [-0.25, -0.2) is 4.79 Å². The van der Waals surface area contributed by atoms with E-state index >= 15 is 0 Å². The van der Waals surface area contributed by atoms with Crippen LogP contribution in [0.1, 0.15) is 12.5 Å². The molecular formula is C17H18BrNO2. The van der Waals surface area contributed by atoms with E-state index in [1.165, 1.54) is 0 Å². The molecule has 0 bridgehead atoms. The van der Waals surface area contributed by atoms with Crippen molar-refractivity contribution in [1.29, 1.82) is 0 Å². The molecule has 0 aromatic heterocycles. The number of benzene rings is 2. The molecule has 0 saturated carbocycles. The van der Waals surface area contributed by atoms with Gasteiger partial charge in [0, 0.05) is 16.6 Å². The molecule has 0 heterocycles. The minimum Gasteiger partial charge on any atom is -0.464 e. The molecule has 1 atom stereocenters. The summed E-state index contributed by atoms with van der Waals surface area (Å²) >= 11 is 3.40. The van der Waals surface area contributed by atoms with Gasteiger partial charge in [-0.15, -0.1) is 0 Å². The molecule has 0 saturated heterocycles. The third-order valence-corrected chi connectivity index (χ3v) is 3.57. The van der Waals surface area contributed by atoms with Crippen LogP contribution in [0.15, 0.2) is 59.1 Å². The van der Waals surface area contributed by atoms with E-state index in [9.17, 15) is 4.79 Å². The van der Waals surface area contributed by atoms with Gasteiger partial charge in [-0.05, 0) is 36.8 Å². The molecule has 2 aromatic rings. The van der Waals surface area contributed by atoms with Crippen molar-refractivity contribution in [3.63, 3.8) is 0 Å². The second kappa shape index (κ2) is 7.84. The van der Waals surface area contributed by atoms with Gasteiger partial charge in [-0.3, -0.25) is 0 Å². The number of carbonyl (C=O) groups excluding carboxylic acids is 1. The average Bonchev–Trinajstić information content (AvgIpc) is 2.50. The summed E-state index contributed by atoms with van der Waals surface area (Å²) in [5.74, 6) is -0.232. The molecule has 2 rings (SSSR count). The molecule has 2 aromatic carbocycles. The van der Waals surface area contributed by atoms with Crippen LogP contribution >= 0.6 is 15.9 Å². The molecule has 110 valence electrons. The zero-order chi connectivity index (χ0) is 15.1. The Balaban J connectivity index is 2.11. The Morgan fingerprint density at radius 1 is 1.14 bits per heavy atom. The molecule has 0 fully saturated rings. The number of hydrogen-bond donors (Lipinski definition) is 1. The van der Waals surface area contributed by atoms with Gasteiger partial charge in [0.25, 0.3) is 0 Å². The van der Waals surface area contributed by atoms with Gasteiger partial charge in [-0.2, -0.15) is 0 Å². The first-order valence-electron chi connectivity index (χ1n) is 6.91. The van der Waals surface area contributed by atoms with Crippen LogP contribution in [0.2, 0.25) is 0 Å². The Hall–Kier alpha value is -1.81. The molecule has 1 unspecified atom stereocenters. The first-order valence-corrected chi connectivity index (χ1v) is 7.71. The van der Waals surface area contributed by atoms with E-state index in [0.717, 1.165) is 15.7 Å². The van der Waals surface area contributed by atoms with Crippen LogP contribution in [0.3, 0.4) is 0 Å². The van der Waals surface area contributed by atoms with Crippen molar-refractivity contribution in [2.45, 2.75) is 19.4 Å². The smallest absolute Gasteiger partial charge is 0.328 e. The maximum atomic E-state index is 12.1. The van der Waals surface area contributed by atoms with Crippen LogP contribution in [-0.4, -0.2) is 18.6 Å². The SMILES string of the molecule is CCOC(=O)C(Cc1ccccc1)Nc1ccc(Br)cc1. The van der Waals surface area contributed by atoms with Crippen LogP contribution in [0.4, 0.5) is 5.69 Å². The number of halogens is 1. The summed E-state index contributed by atoms with van der Waals surface area (Å²) < 4.78 is 6.16. The van der Waals surface area contributed by atoms with E-state index in [1.807, 2.05) is 61.5 Å². The van der Waals surface area contributed by atoms with Crippen molar-refractivity contribution in [1.82, 2.24) is 0 Å². The van der Waals surface area contributed by atoms with E-state index < -0.39 is 6.04 Å². The van der Waals surface area contributed by atoms with Crippen molar-refractivity contribution >= 4 is 27.6 Å². The maximum absolute atomic E-state index is 12.1. The summed E-state index contributed by atoms with van der Waals surface area (Å²) in [5.41, 5.74) is 1.99. The summed E-state index contributed by atoms with van der Waals surface area (Å²) in [6.45, 7) is 2.20. The molecule has 0 aliphatic rings. The van der Waals surface area contributed by atoms with Crippen LogP contribution in [-0.2, 0) is 16.0 Å². The third-order valence-electron chi connectivity index (χ3n) is 3.04. The van der Waals surface area contributed by atoms with Gasteiger partial charge in [0.15, 0.2) is 0 Å². The number of anilines is 1. The molecule has 0 amide bonds. The Labute approximate surface area is 133 Å². The lowest BCUT2D eigenvalue weighted by molar-refractivity contribution is -0.144. The number of nitrogens with one attached hydrogen (secondary N) is 1. The largest absolute Gasteiger partial charge is 0.464 e. The fraction of sp³-hybridized carbons (Fsp3) is 0.235. The first-order chi connectivity index (χ1) is 10.2.